The molecule has 1 heterocycles. The number of carbonyl (C=O) groups excluding carboxylic acids is 1. The van der Waals surface area contributed by atoms with Crippen LogP contribution in [0.3, 0.4) is 0 Å². The number of tetrazole rings is 1. The summed E-state index contributed by atoms with van der Waals surface area (Å²) in [4.78, 5) is 15.0. The van der Waals surface area contributed by atoms with E-state index in [2.05, 4.69) is 46.4 Å². The fourth-order valence-corrected chi connectivity index (χ4v) is 4.30. The van der Waals surface area contributed by atoms with Crippen LogP contribution in [-0.2, 0) is 4.79 Å². The van der Waals surface area contributed by atoms with Gasteiger partial charge in [-0.25, -0.2) is 0 Å². The van der Waals surface area contributed by atoms with Crippen molar-refractivity contribution in [3.05, 3.63) is 41.1 Å². The number of aromatic nitrogens is 4. The number of aryl methyl sites for hydroxylation is 1. The SMILES string of the molecule is Cc1cccc(-n2nnnc2SCC(=O)N(C2=CCCCC2)C2CC2)c1C. The zero-order valence-corrected chi connectivity index (χ0v) is 16.7. The van der Waals surface area contributed by atoms with Crippen LogP contribution in [0.15, 0.2) is 35.1 Å². The van der Waals surface area contributed by atoms with E-state index in [1.807, 2.05) is 12.1 Å². The molecule has 1 aromatic heterocycles. The molecule has 1 saturated carbocycles. The fraction of sp³-hybridized carbons (Fsp3) is 0.500. The lowest BCUT2D eigenvalue weighted by Gasteiger charge is -2.27. The maximum absolute atomic E-state index is 13.0. The first-order valence-corrected chi connectivity index (χ1v) is 10.6. The number of rotatable bonds is 6. The van der Waals surface area contributed by atoms with Crippen molar-refractivity contribution in [3.63, 3.8) is 0 Å². The number of allylic oxidation sites excluding steroid dienone is 2. The molecular formula is C20H25N5OS. The molecular weight excluding hydrogens is 358 g/mol. The Balaban J connectivity index is 1.49. The molecule has 1 amide bonds. The molecule has 0 spiro atoms. The third-order valence-corrected chi connectivity index (χ3v) is 6.23. The van der Waals surface area contributed by atoms with E-state index in [1.54, 1.807) is 4.68 Å². The maximum atomic E-state index is 13.0. The standard InChI is InChI=1S/C20H25N5OS/c1-14-7-6-10-18(15(14)2)25-20(21-22-23-25)27-13-19(26)24(17-11-12-17)16-8-4-3-5-9-16/h6-8,10,17H,3-5,9,11-13H2,1-2H3. The second kappa shape index (κ2) is 7.84. The molecule has 2 aliphatic carbocycles. The van der Waals surface area contributed by atoms with Gasteiger partial charge in [0, 0.05) is 11.7 Å². The van der Waals surface area contributed by atoms with Gasteiger partial charge >= 0.3 is 0 Å². The van der Waals surface area contributed by atoms with E-state index in [-0.39, 0.29) is 5.91 Å². The number of benzene rings is 1. The van der Waals surface area contributed by atoms with Crippen LogP contribution in [0.5, 0.6) is 0 Å². The number of nitrogens with zero attached hydrogens (tertiary/aromatic N) is 5. The molecule has 0 unspecified atom stereocenters. The lowest BCUT2D eigenvalue weighted by atomic mass is 10.0. The van der Waals surface area contributed by atoms with Crippen LogP contribution < -0.4 is 0 Å². The first kappa shape index (κ1) is 18.2. The van der Waals surface area contributed by atoms with Crippen LogP contribution in [0, 0.1) is 13.8 Å². The van der Waals surface area contributed by atoms with Gasteiger partial charge in [-0.05, 0) is 80.0 Å². The van der Waals surface area contributed by atoms with Gasteiger partial charge in [0.15, 0.2) is 0 Å². The molecule has 0 radical (unpaired) electrons. The number of hydrogen-bond donors (Lipinski definition) is 0. The second-order valence-electron chi connectivity index (χ2n) is 7.32. The molecule has 4 rings (SSSR count). The number of hydrogen-bond acceptors (Lipinski definition) is 5. The maximum Gasteiger partial charge on any atom is 0.237 e. The lowest BCUT2D eigenvalue weighted by Crippen LogP contribution is -2.34. The molecule has 0 atom stereocenters. The van der Waals surface area contributed by atoms with E-state index in [4.69, 9.17) is 0 Å². The van der Waals surface area contributed by atoms with Crippen molar-refractivity contribution in [1.29, 1.82) is 0 Å². The van der Waals surface area contributed by atoms with E-state index >= 15 is 0 Å². The van der Waals surface area contributed by atoms with E-state index in [0.29, 0.717) is 17.0 Å². The third-order valence-electron chi connectivity index (χ3n) is 5.33. The number of thioether (sulfide) groups is 1. The molecule has 27 heavy (non-hydrogen) atoms. The van der Waals surface area contributed by atoms with Crippen molar-refractivity contribution in [2.24, 2.45) is 0 Å². The highest BCUT2D eigenvalue weighted by Crippen LogP contribution is 2.34. The van der Waals surface area contributed by atoms with Gasteiger partial charge in [0.1, 0.15) is 0 Å². The molecule has 0 saturated heterocycles. The van der Waals surface area contributed by atoms with Crippen molar-refractivity contribution < 1.29 is 4.79 Å². The van der Waals surface area contributed by atoms with Gasteiger partial charge in [-0.3, -0.25) is 4.79 Å². The minimum absolute atomic E-state index is 0.172. The summed E-state index contributed by atoms with van der Waals surface area (Å²) < 4.78 is 1.74. The zero-order valence-electron chi connectivity index (χ0n) is 15.9. The predicted molar refractivity (Wildman–Crippen MR) is 106 cm³/mol. The second-order valence-corrected chi connectivity index (χ2v) is 8.26. The normalized spacial score (nSPS) is 16.9. The Kier molecular flexibility index (Phi) is 5.29. The van der Waals surface area contributed by atoms with Crippen LogP contribution in [0.1, 0.15) is 49.7 Å². The highest BCUT2D eigenvalue weighted by Gasteiger charge is 2.35. The average molecular weight is 384 g/mol. The monoisotopic (exact) mass is 383 g/mol. The minimum atomic E-state index is 0.172. The molecule has 142 valence electrons. The molecule has 1 fully saturated rings. The van der Waals surface area contributed by atoms with Crippen molar-refractivity contribution in [3.8, 4) is 5.69 Å². The molecule has 0 N–H and O–H groups in total. The minimum Gasteiger partial charge on any atom is -0.313 e. The average Bonchev–Trinajstić information content (AvgIpc) is 3.40. The highest BCUT2D eigenvalue weighted by atomic mass is 32.2. The lowest BCUT2D eigenvalue weighted by molar-refractivity contribution is -0.127. The van der Waals surface area contributed by atoms with E-state index in [0.717, 1.165) is 36.9 Å². The summed E-state index contributed by atoms with van der Waals surface area (Å²) in [5, 5.41) is 12.8. The van der Waals surface area contributed by atoms with E-state index < -0.39 is 0 Å². The van der Waals surface area contributed by atoms with Crippen LogP contribution in [-0.4, -0.2) is 42.8 Å². The third kappa shape index (κ3) is 3.93. The van der Waals surface area contributed by atoms with Crippen molar-refractivity contribution in [2.45, 2.75) is 63.6 Å². The van der Waals surface area contributed by atoms with Crippen LogP contribution in [0.4, 0.5) is 0 Å². The summed E-state index contributed by atoms with van der Waals surface area (Å²) in [6, 6.07) is 6.49. The molecule has 6 nitrogen and oxygen atoms in total. The Labute approximate surface area is 164 Å². The fourth-order valence-electron chi connectivity index (χ4n) is 3.55. The van der Waals surface area contributed by atoms with Gasteiger partial charge < -0.3 is 4.90 Å². The topological polar surface area (TPSA) is 63.9 Å². The van der Waals surface area contributed by atoms with E-state index in [9.17, 15) is 4.79 Å². The van der Waals surface area contributed by atoms with Gasteiger partial charge in [-0.2, -0.15) is 4.68 Å². The Morgan fingerprint density at radius 1 is 1.30 bits per heavy atom. The van der Waals surface area contributed by atoms with Gasteiger partial charge in [0.05, 0.1) is 11.4 Å². The van der Waals surface area contributed by atoms with Crippen LogP contribution in [0.2, 0.25) is 0 Å². The Bertz CT molecular complexity index is 871. The summed E-state index contributed by atoms with van der Waals surface area (Å²) in [6.07, 6.45) is 9.01. The molecule has 0 aliphatic heterocycles. The summed E-state index contributed by atoms with van der Waals surface area (Å²) in [6.45, 7) is 4.14. The quantitative estimate of drug-likeness (QED) is 0.710. The largest absolute Gasteiger partial charge is 0.313 e. The Morgan fingerprint density at radius 2 is 2.15 bits per heavy atom. The van der Waals surface area contributed by atoms with Gasteiger partial charge in [0.25, 0.3) is 0 Å². The molecule has 7 heteroatoms. The van der Waals surface area contributed by atoms with Gasteiger partial charge in [-0.1, -0.05) is 30.0 Å². The first-order valence-electron chi connectivity index (χ1n) is 9.64. The summed E-state index contributed by atoms with van der Waals surface area (Å²) >= 11 is 1.42. The molecule has 2 aromatic rings. The molecule has 2 aliphatic rings. The summed E-state index contributed by atoms with van der Waals surface area (Å²) in [5.74, 6) is 0.533. The highest BCUT2D eigenvalue weighted by molar-refractivity contribution is 7.99. The van der Waals surface area contributed by atoms with E-state index in [1.165, 1.54) is 35.9 Å². The Morgan fingerprint density at radius 3 is 2.89 bits per heavy atom. The van der Waals surface area contributed by atoms with Crippen molar-refractivity contribution in [2.75, 3.05) is 5.75 Å². The van der Waals surface area contributed by atoms with Gasteiger partial charge in [-0.15, -0.1) is 5.10 Å². The molecule has 1 aromatic carbocycles. The number of carbonyl (C=O) groups is 1. The van der Waals surface area contributed by atoms with Crippen LogP contribution in [0.25, 0.3) is 5.69 Å². The number of amides is 1. The molecule has 0 bridgehead atoms. The zero-order chi connectivity index (χ0) is 18.8. The first-order chi connectivity index (χ1) is 13.1. The van der Waals surface area contributed by atoms with Gasteiger partial charge in [0.2, 0.25) is 11.1 Å². The van der Waals surface area contributed by atoms with Crippen molar-refractivity contribution in [1.82, 2.24) is 25.1 Å². The summed E-state index contributed by atoms with van der Waals surface area (Å²) in [7, 11) is 0. The summed E-state index contributed by atoms with van der Waals surface area (Å²) in [5.41, 5.74) is 4.52. The smallest absolute Gasteiger partial charge is 0.237 e. The van der Waals surface area contributed by atoms with Crippen LogP contribution >= 0.6 is 11.8 Å². The predicted octanol–water partition coefficient (Wildman–Crippen LogP) is 3.82. The Hall–Kier alpha value is -2.15. The van der Waals surface area contributed by atoms with Crippen molar-refractivity contribution >= 4 is 17.7 Å².